The van der Waals surface area contributed by atoms with E-state index in [-0.39, 0.29) is 0 Å². The third-order valence-electron chi connectivity index (χ3n) is 1.88. The van der Waals surface area contributed by atoms with Crippen LogP contribution in [0.25, 0.3) is 0 Å². The predicted octanol–water partition coefficient (Wildman–Crippen LogP) is 3.22. The largest absolute Gasteiger partial charge is 0.326 e. The van der Waals surface area contributed by atoms with Gasteiger partial charge in [0.15, 0.2) is 4.34 Å². The van der Waals surface area contributed by atoms with Gasteiger partial charge in [-0.25, -0.2) is 0 Å². The standard InChI is InChI=1S/C10H10BrN3S2/c1-6-13-14-10(15-6)16-9-3-7(5-12)2-8(11)4-9/h2-4H,5,12H2,1H3. The molecular weight excluding hydrogens is 306 g/mol. The van der Waals surface area contributed by atoms with E-state index in [2.05, 4.69) is 38.3 Å². The van der Waals surface area contributed by atoms with E-state index in [4.69, 9.17) is 5.73 Å². The Morgan fingerprint density at radius 3 is 2.81 bits per heavy atom. The highest BCUT2D eigenvalue weighted by molar-refractivity contribution is 9.10. The van der Waals surface area contributed by atoms with Crippen molar-refractivity contribution in [2.24, 2.45) is 5.73 Å². The topological polar surface area (TPSA) is 51.8 Å². The fourth-order valence-electron chi connectivity index (χ4n) is 1.22. The molecule has 0 aliphatic heterocycles. The molecule has 0 atom stereocenters. The van der Waals surface area contributed by atoms with Crippen LogP contribution >= 0.6 is 39.0 Å². The van der Waals surface area contributed by atoms with E-state index in [1.807, 2.05) is 13.0 Å². The quantitative estimate of drug-likeness (QED) is 0.944. The number of rotatable bonds is 3. The maximum Gasteiger partial charge on any atom is 0.179 e. The SMILES string of the molecule is Cc1nnc(Sc2cc(Br)cc(CN)c2)s1. The van der Waals surface area contributed by atoms with Crippen LogP contribution in [0.15, 0.2) is 31.9 Å². The van der Waals surface area contributed by atoms with E-state index in [0.29, 0.717) is 6.54 Å². The smallest absolute Gasteiger partial charge is 0.179 e. The number of aryl methyl sites for hydroxylation is 1. The van der Waals surface area contributed by atoms with Gasteiger partial charge in [-0.3, -0.25) is 0 Å². The number of hydrogen-bond donors (Lipinski definition) is 1. The Kier molecular flexibility index (Phi) is 3.96. The molecule has 2 N–H and O–H groups in total. The van der Waals surface area contributed by atoms with Crippen LogP contribution < -0.4 is 5.73 Å². The summed E-state index contributed by atoms with van der Waals surface area (Å²) in [6, 6.07) is 6.15. The Bertz CT molecular complexity index is 499. The minimum Gasteiger partial charge on any atom is -0.326 e. The minimum atomic E-state index is 0.544. The summed E-state index contributed by atoms with van der Waals surface area (Å²) in [6.45, 7) is 2.50. The number of nitrogens with two attached hydrogens (primary N) is 1. The van der Waals surface area contributed by atoms with E-state index in [9.17, 15) is 0 Å². The molecule has 84 valence electrons. The van der Waals surface area contributed by atoms with E-state index < -0.39 is 0 Å². The molecule has 1 aromatic carbocycles. The summed E-state index contributed by atoms with van der Waals surface area (Å²) in [7, 11) is 0. The van der Waals surface area contributed by atoms with Gasteiger partial charge in [-0.15, -0.1) is 10.2 Å². The molecule has 6 heteroatoms. The Morgan fingerprint density at radius 1 is 1.38 bits per heavy atom. The van der Waals surface area contributed by atoms with Gasteiger partial charge in [-0.05, 0) is 30.7 Å². The summed E-state index contributed by atoms with van der Waals surface area (Å²) in [5, 5.41) is 9.05. The second-order valence-corrected chi connectivity index (χ2v) is 6.61. The summed E-state index contributed by atoms with van der Waals surface area (Å²) in [5.74, 6) is 0. The monoisotopic (exact) mass is 315 g/mol. The van der Waals surface area contributed by atoms with E-state index >= 15 is 0 Å². The van der Waals surface area contributed by atoms with Crippen LogP contribution in [0.1, 0.15) is 10.6 Å². The molecule has 1 heterocycles. The van der Waals surface area contributed by atoms with Crippen molar-refractivity contribution in [2.45, 2.75) is 22.7 Å². The molecule has 16 heavy (non-hydrogen) atoms. The molecule has 0 radical (unpaired) electrons. The fraction of sp³-hybridized carbons (Fsp3) is 0.200. The van der Waals surface area contributed by atoms with Gasteiger partial charge in [0.2, 0.25) is 0 Å². The number of benzene rings is 1. The molecule has 2 rings (SSSR count). The molecule has 0 aliphatic rings. The Balaban J connectivity index is 2.24. The van der Waals surface area contributed by atoms with Crippen LogP contribution in [0.4, 0.5) is 0 Å². The van der Waals surface area contributed by atoms with Crippen molar-refractivity contribution < 1.29 is 0 Å². The first-order chi connectivity index (χ1) is 7.67. The van der Waals surface area contributed by atoms with E-state index in [0.717, 1.165) is 24.3 Å². The van der Waals surface area contributed by atoms with Gasteiger partial charge in [0.25, 0.3) is 0 Å². The first-order valence-corrected chi connectivity index (χ1v) is 7.07. The average Bonchev–Trinajstić information content (AvgIpc) is 2.63. The normalized spacial score (nSPS) is 10.7. The number of aromatic nitrogens is 2. The number of halogens is 1. The fourth-order valence-corrected chi connectivity index (χ4v) is 3.82. The highest BCUT2D eigenvalue weighted by Crippen LogP contribution is 2.32. The zero-order chi connectivity index (χ0) is 11.5. The van der Waals surface area contributed by atoms with Crippen LogP contribution in [0.2, 0.25) is 0 Å². The summed E-state index contributed by atoms with van der Waals surface area (Å²) >= 11 is 6.68. The second kappa shape index (κ2) is 5.27. The van der Waals surface area contributed by atoms with Crippen LogP contribution in [0.3, 0.4) is 0 Å². The van der Waals surface area contributed by atoms with Gasteiger partial charge >= 0.3 is 0 Å². The van der Waals surface area contributed by atoms with Crippen molar-refractivity contribution in [3.63, 3.8) is 0 Å². The van der Waals surface area contributed by atoms with Gasteiger partial charge < -0.3 is 5.73 Å². The lowest BCUT2D eigenvalue weighted by Gasteiger charge is -2.02. The van der Waals surface area contributed by atoms with Crippen molar-refractivity contribution >= 4 is 39.0 Å². The zero-order valence-corrected chi connectivity index (χ0v) is 11.8. The molecular formula is C10H10BrN3S2. The number of nitrogens with zero attached hydrogens (tertiary/aromatic N) is 2. The van der Waals surface area contributed by atoms with Crippen molar-refractivity contribution in [1.82, 2.24) is 10.2 Å². The van der Waals surface area contributed by atoms with Gasteiger partial charge in [0, 0.05) is 15.9 Å². The number of hydrogen-bond acceptors (Lipinski definition) is 5. The highest BCUT2D eigenvalue weighted by atomic mass is 79.9. The van der Waals surface area contributed by atoms with Gasteiger partial charge in [-0.2, -0.15) is 0 Å². The van der Waals surface area contributed by atoms with Crippen LogP contribution in [-0.4, -0.2) is 10.2 Å². The molecule has 0 spiro atoms. The third-order valence-corrected chi connectivity index (χ3v) is 4.20. The third kappa shape index (κ3) is 3.04. The second-order valence-electron chi connectivity index (χ2n) is 3.19. The molecule has 2 aromatic rings. The van der Waals surface area contributed by atoms with Gasteiger partial charge in [-0.1, -0.05) is 39.0 Å². The zero-order valence-electron chi connectivity index (χ0n) is 8.61. The lowest BCUT2D eigenvalue weighted by molar-refractivity contribution is 0.983. The molecule has 0 saturated heterocycles. The van der Waals surface area contributed by atoms with Crippen molar-refractivity contribution in [1.29, 1.82) is 0 Å². The molecule has 0 aliphatic carbocycles. The average molecular weight is 316 g/mol. The maximum absolute atomic E-state index is 5.63. The summed E-state index contributed by atoms with van der Waals surface area (Å²) < 4.78 is 2.00. The molecule has 0 unspecified atom stereocenters. The van der Waals surface area contributed by atoms with Gasteiger partial charge in [0.1, 0.15) is 5.01 Å². The molecule has 0 saturated carbocycles. The van der Waals surface area contributed by atoms with Crippen molar-refractivity contribution in [3.05, 3.63) is 33.2 Å². The Labute approximate surface area is 111 Å². The molecule has 0 bridgehead atoms. The Hall–Kier alpha value is -0.430. The van der Waals surface area contributed by atoms with Gasteiger partial charge in [0.05, 0.1) is 0 Å². The predicted molar refractivity (Wildman–Crippen MR) is 70.8 cm³/mol. The summed E-state index contributed by atoms with van der Waals surface area (Å²) in [6.07, 6.45) is 0. The molecule has 0 amide bonds. The van der Waals surface area contributed by atoms with Crippen LogP contribution in [-0.2, 0) is 6.54 Å². The molecule has 0 fully saturated rings. The van der Waals surface area contributed by atoms with E-state index in [1.54, 1.807) is 23.1 Å². The Morgan fingerprint density at radius 2 is 2.19 bits per heavy atom. The molecule has 1 aromatic heterocycles. The molecule has 3 nitrogen and oxygen atoms in total. The minimum absolute atomic E-state index is 0.544. The highest BCUT2D eigenvalue weighted by Gasteiger charge is 2.05. The van der Waals surface area contributed by atoms with Crippen molar-refractivity contribution in [2.75, 3.05) is 0 Å². The first kappa shape index (κ1) is 12.0. The lowest BCUT2D eigenvalue weighted by Crippen LogP contribution is -1.95. The van der Waals surface area contributed by atoms with Crippen molar-refractivity contribution in [3.8, 4) is 0 Å². The van der Waals surface area contributed by atoms with Crippen LogP contribution in [0.5, 0.6) is 0 Å². The maximum atomic E-state index is 5.63. The first-order valence-electron chi connectivity index (χ1n) is 4.65. The van der Waals surface area contributed by atoms with E-state index in [1.165, 1.54) is 0 Å². The summed E-state index contributed by atoms with van der Waals surface area (Å²) in [5.41, 5.74) is 6.74. The van der Waals surface area contributed by atoms with Crippen LogP contribution in [0, 0.1) is 6.92 Å². The lowest BCUT2D eigenvalue weighted by atomic mass is 10.2. The summed E-state index contributed by atoms with van der Waals surface area (Å²) in [4.78, 5) is 1.13.